The van der Waals surface area contributed by atoms with Crippen molar-refractivity contribution in [2.24, 2.45) is 11.8 Å². The number of aliphatic carboxylic acids is 1. The van der Waals surface area contributed by atoms with Gasteiger partial charge >= 0.3 is 5.97 Å². The number of fused-ring (bicyclic) bond motifs is 1. The summed E-state index contributed by atoms with van der Waals surface area (Å²) in [7, 11) is 1.50. The maximum atomic E-state index is 12.2. The van der Waals surface area contributed by atoms with Gasteiger partial charge in [0, 0.05) is 5.56 Å². The first kappa shape index (κ1) is 12.6. The monoisotopic (exact) mass is 250 g/mol. The quantitative estimate of drug-likeness (QED) is 0.826. The maximum absolute atomic E-state index is 12.2. The number of carboxylic acid groups (broad SMARTS) is 1. The van der Waals surface area contributed by atoms with Crippen LogP contribution in [-0.2, 0) is 11.2 Å². The van der Waals surface area contributed by atoms with Gasteiger partial charge in [-0.15, -0.1) is 0 Å². The van der Waals surface area contributed by atoms with E-state index in [4.69, 9.17) is 9.84 Å². The average molecular weight is 250 g/mol. The van der Waals surface area contributed by atoms with Crippen LogP contribution in [0.25, 0.3) is 0 Å². The number of methoxy groups -OCH3 is 1. The van der Waals surface area contributed by atoms with Crippen LogP contribution in [0.2, 0.25) is 0 Å². The Morgan fingerprint density at radius 2 is 2.22 bits per heavy atom. The highest BCUT2D eigenvalue weighted by Gasteiger charge is 2.39. The van der Waals surface area contributed by atoms with Crippen LogP contribution in [0.15, 0.2) is 18.2 Å². The molecular formula is C13H14O5. The van der Waals surface area contributed by atoms with Gasteiger partial charge in [-0.3, -0.25) is 9.59 Å². The second-order valence-corrected chi connectivity index (χ2v) is 4.33. The van der Waals surface area contributed by atoms with E-state index < -0.39 is 24.4 Å². The van der Waals surface area contributed by atoms with E-state index in [1.54, 1.807) is 18.2 Å². The molecular weight excluding hydrogens is 236 g/mol. The Balaban J connectivity index is 2.46. The van der Waals surface area contributed by atoms with E-state index in [9.17, 15) is 14.7 Å². The highest BCUT2D eigenvalue weighted by Crippen LogP contribution is 2.32. The van der Waals surface area contributed by atoms with Gasteiger partial charge in [0.1, 0.15) is 5.75 Å². The highest BCUT2D eigenvalue weighted by molar-refractivity contribution is 6.03. The number of ketones is 1. The van der Waals surface area contributed by atoms with Crippen molar-refractivity contribution in [3.63, 3.8) is 0 Å². The van der Waals surface area contributed by atoms with E-state index >= 15 is 0 Å². The highest BCUT2D eigenvalue weighted by atomic mass is 16.5. The fraction of sp³-hybridized carbons (Fsp3) is 0.385. The first-order valence-electron chi connectivity index (χ1n) is 5.63. The summed E-state index contributed by atoms with van der Waals surface area (Å²) in [5, 5.41) is 18.3. The van der Waals surface area contributed by atoms with E-state index in [1.807, 2.05) is 0 Å². The van der Waals surface area contributed by atoms with Crippen molar-refractivity contribution in [3.05, 3.63) is 29.3 Å². The predicted octanol–water partition coefficient (Wildman–Crippen LogP) is 0.743. The van der Waals surface area contributed by atoms with Gasteiger partial charge in [-0.25, -0.2) is 0 Å². The lowest BCUT2D eigenvalue weighted by molar-refractivity contribution is -0.143. The molecule has 0 aliphatic heterocycles. The minimum absolute atomic E-state index is 0.256. The van der Waals surface area contributed by atoms with Crippen molar-refractivity contribution in [2.45, 2.75) is 6.42 Å². The van der Waals surface area contributed by atoms with Crippen molar-refractivity contribution >= 4 is 11.8 Å². The van der Waals surface area contributed by atoms with E-state index in [2.05, 4.69) is 0 Å². The molecule has 0 saturated carbocycles. The third-order valence-electron chi connectivity index (χ3n) is 3.36. The fourth-order valence-corrected chi connectivity index (χ4v) is 2.32. The number of benzene rings is 1. The van der Waals surface area contributed by atoms with Crippen LogP contribution in [0, 0.1) is 11.8 Å². The maximum Gasteiger partial charge on any atom is 0.307 e. The molecule has 2 rings (SSSR count). The average Bonchev–Trinajstić information content (AvgIpc) is 2.38. The smallest absolute Gasteiger partial charge is 0.307 e. The van der Waals surface area contributed by atoms with E-state index in [0.29, 0.717) is 16.9 Å². The number of aliphatic hydroxyl groups excluding tert-OH is 1. The number of aliphatic hydroxyl groups is 1. The predicted molar refractivity (Wildman–Crippen MR) is 62.7 cm³/mol. The zero-order valence-electron chi connectivity index (χ0n) is 9.92. The molecule has 0 saturated heterocycles. The first-order valence-corrected chi connectivity index (χ1v) is 5.63. The van der Waals surface area contributed by atoms with Crippen molar-refractivity contribution in [1.29, 1.82) is 0 Å². The molecule has 0 spiro atoms. The summed E-state index contributed by atoms with van der Waals surface area (Å²) in [5.74, 6) is -2.56. The van der Waals surface area contributed by atoms with Crippen LogP contribution in [0.1, 0.15) is 15.9 Å². The molecule has 0 aromatic heterocycles. The molecule has 0 bridgehead atoms. The minimum Gasteiger partial charge on any atom is -0.497 e. The summed E-state index contributed by atoms with van der Waals surface area (Å²) in [5.41, 5.74) is 1.14. The molecule has 0 amide bonds. The molecule has 0 radical (unpaired) electrons. The molecule has 1 aliphatic rings. The van der Waals surface area contributed by atoms with Crippen molar-refractivity contribution in [3.8, 4) is 5.75 Å². The first-order chi connectivity index (χ1) is 8.58. The van der Waals surface area contributed by atoms with Crippen molar-refractivity contribution in [2.75, 3.05) is 13.7 Å². The summed E-state index contributed by atoms with van der Waals surface area (Å²) in [6.07, 6.45) is 0.256. The third-order valence-corrected chi connectivity index (χ3v) is 3.36. The number of Topliss-reactive ketones (excluding diaryl/α,β-unsaturated/α-hetero) is 1. The lowest BCUT2D eigenvalue weighted by Crippen LogP contribution is -2.38. The molecule has 1 aliphatic carbocycles. The number of ether oxygens (including phenoxy) is 1. The molecule has 5 nitrogen and oxygen atoms in total. The molecule has 0 fully saturated rings. The lowest BCUT2D eigenvalue weighted by atomic mass is 9.75. The van der Waals surface area contributed by atoms with Crippen LogP contribution >= 0.6 is 0 Å². The molecule has 5 heteroatoms. The van der Waals surface area contributed by atoms with Gasteiger partial charge in [0.2, 0.25) is 0 Å². The topological polar surface area (TPSA) is 83.8 Å². The van der Waals surface area contributed by atoms with Crippen LogP contribution in [-0.4, -0.2) is 35.7 Å². The second-order valence-electron chi connectivity index (χ2n) is 4.33. The fourth-order valence-electron chi connectivity index (χ4n) is 2.32. The number of rotatable bonds is 3. The largest absolute Gasteiger partial charge is 0.497 e. The molecule has 2 N–H and O–H groups in total. The number of hydrogen-bond acceptors (Lipinski definition) is 4. The lowest BCUT2D eigenvalue weighted by Gasteiger charge is -2.28. The molecule has 2 atom stereocenters. The van der Waals surface area contributed by atoms with Gasteiger partial charge in [0.15, 0.2) is 5.78 Å². The van der Waals surface area contributed by atoms with E-state index in [1.165, 1.54) is 7.11 Å². The van der Waals surface area contributed by atoms with Crippen LogP contribution in [0.4, 0.5) is 0 Å². The molecule has 96 valence electrons. The summed E-state index contributed by atoms with van der Waals surface area (Å²) in [6, 6.07) is 5.00. The summed E-state index contributed by atoms with van der Waals surface area (Å²) < 4.78 is 5.04. The Hall–Kier alpha value is -1.88. The van der Waals surface area contributed by atoms with Crippen LogP contribution < -0.4 is 4.74 Å². The molecule has 0 unspecified atom stereocenters. The Morgan fingerprint density at radius 1 is 1.50 bits per heavy atom. The van der Waals surface area contributed by atoms with Gasteiger partial charge in [0.05, 0.1) is 25.6 Å². The Labute approximate surface area is 104 Å². The number of hydrogen-bond donors (Lipinski definition) is 2. The molecule has 1 aromatic rings. The zero-order chi connectivity index (χ0) is 13.3. The molecule has 18 heavy (non-hydrogen) atoms. The van der Waals surface area contributed by atoms with Crippen molar-refractivity contribution in [1.82, 2.24) is 0 Å². The summed E-state index contributed by atoms with van der Waals surface area (Å²) in [4.78, 5) is 23.3. The van der Waals surface area contributed by atoms with Crippen LogP contribution in [0.5, 0.6) is 5.75 Å². The normalized spacial score (nSPS) is 22.4. The number of carbonyl (C=O) groups is 2. The second kappa shape index (κ2) is 4.78. The molecule has 1 aromatic carbocycles. The molecule has 0 heterocycles. The van der Waals surface area contributed by atoms with Gasteiger partial charge in [0.25, 0.3) is 0 Å². The van der Waals surface area contributed by atoms with E-state index in [0.717, 1.165) is 0 Å². The van der Waals surface area contributed by atoms with Gasteiger partial charge in [-0.1, -0.05) is 6.07 Å². The van der Waals surface area contributed by atoms with E-state index in [-0.39, 0.29) is 12.2 Å². The zero-order valence-corrected chi connectivity index (χ0v) is 9.92. The van der Waals surface area contributed by atoms with Gasteiger partial charge in [-0.05, 0) is 24.1 Å². The standard InChI is InChI=1S/C13H14O5/c1-18-8-3-2-7-4-10(13(16)17)11(6-14)12(15)9(7)5-8/h2-3,5,10-11,14H,4,6H2,1H3,(H,16,17)/t10-,11+/m1/s1. The summed E-state index contributed by atoms with van der Waals surface area (Å²) in [6.45, 7) is -0.452. The van der Waals surface area contributed by atoms with Gasteiger partial charge in [-0.2, -0.15) is 0 Å². The van der Waals surface area contributed by atoms with Crippen LogP contribution in [0.3, 0.4) is 0 Å². The Bertz CT molecular complexity index is 494. The summed E-state index contributed by atoms with van der Waals surface area (Å²) >= 11 is 0. The van der Waals surface area contributed by atoms with Crippen molar-refractivity contribution < 1.29 is 24.5 Å². The Morgan fingerprint density at radius 3 is 2.78 bits per heavy atom. The Kier molecular flexibility index (Phi) is 3.34. The number of carboxylic acids is 1. The third kappa shape index (κ3) is 1.97. The van der Waals surface area contributed by atoms with Gasteiger partial charge < -0.3 is 14.9 Å². The SMILES string of the molecule is COc1ccc2c(c1)C(=O)[C@@H](CO)[C@H](C(=O)O)C2. The number of carbonyl (C=O) groups excluding carboxylic acids is 1. The minimum atomic E-state index is -1.05.